The predicted molar refractivity (Wildman–Crippen MR) is 85.0 cm³/mol. The van der Waals surface area contributed by atoms with Crippen LogP contribution in [0.3, 0.4) is 0 Å². The lowest BCUT2D eigenvalue weighted by Crippen LogP contribution is -2.39. The third kappa shape index (κ3) is 3.11. The van der Waals surface area contributed by atoms with E-state index in [-0.39, 0.29) is 24.5 Å². The first kappa shape index (κ1) is 16.4. The van der Waals surface area contributed by atoms with Crippen molar-refractivity contribution in [3.05, 3.63) is 28.7 Å². The van der Waals surface area contributed by atoms with Crippen molar-refractivity contribution in [3.63, 3.8) is 0 Å². The molecule has 2 aromatic rings. The molecule has 0 saturated carbocycles. The van der Waals surface area contributed by atoms with Gasteiger partial charge < -0.3 is 10.4 Å². The molecule has 22 heavy (non-hydrogen) atoms. The number of aryl methyl sites for hydroxylation is 3. The Hall–Kier alpha value is -1.95. The number of carbonyl (C=O) groups excluding carboxylic acids is 1. The van der Waals surface area contributed by atoms with Crippen LogP contribution in [-0.4, -0.2) is 38.3 Å². The largest absolute Gasteiger partial charge is 0.396 e. The van der Waals surface area contributed by atoms with Gasteiger partial charge in [0.25, 0.3) is 5.91 Å². The van der Waals surface area contributed by atoms with Crippen molar-refractivity contribution in [1.82, 2.24) is 19.9 Å². The summed E-state index contributed by atoms with van der Waals surface area (Å²) in [5.74, 6) is 0.0619. The molecule has 0 fully saturated rings. The number of aliphatic hydroxyl groups excluding tert-OH is 1. The molecular formula is C16H24N4O2. The third-order valence-electron chi connectivity index (χ3n) is 3.86. The van der Waals surface area contributed by atoms with Crippen LogP contribution in [0.5, 0.6) is 0 Å². The van der Waals surface area contributed by atoms with Gasteiger partial charge in [0.1, 0.15) is 5.56 Å². The molecule has 1 atom stereocenters. The van der Waals surface area contributed by atoms with Crippen LogP contribution in [-0.2, 0) is 0 Å². The zero-order valence-corrected chi connectivity index (χ0v) is 13.8. The second-order valence-corrected chi connectivity index (χ2v) is 6.07. The molecule has 2 aromatic heterocycles. The summed E-state index contributed by atoms with van der Waals surface area (Å²) in [4.78, 5) is 17.1. The minimum Gasteiger partial charge on any atom is -0.396 e. The molecule has 2 N–H and O–H groups in total. The Morgan fingerprint density at radius 2 is 2.05 bits per heavy atom. The molecule has 6 heteroatoms. The fraction of sp³-hybridized carbons (Fsp3) is 0.562. The molecule has 0 spiro atoms. The van der Waals surface area contributed by atoms with E-state index in [2.05, 4.69) is 15.4 Å². The molecule has 0 aromatic carbocycles. The van der Waals surface area contributed by atoms with Crippen LogP contribution in [0.4, 0.5) is 0 Å². The van der Waals surface area contributed by atoms with Crippen molar-refractivity contribution >= 4 is 11.6 Å². The van der Waals surface area contributed by atoms with Crippen molar-refractivity contribution < 1.29 is 9.90 Å². The fourth-order valence-electron chi connectivity index (χ4n) is 2.64. The SMILES string of the molecule is Cc1cc(C)n2nc(C)c(C(=O)NC(CCO)C(C)C)c2n1. The lowest BCUT2D eigenvalue weighted by molar-refractivity contribution is 0.0917. The maximum absolute atomic E-state index is 12.7. The zero-order valence-electron chi connectivity index (χ0n) is 13.8. The summed E-state index contributed by atoms with van der Waals surface area (Å²) in [5, 5.41) is 16.6. The van der Waals surface area contributed by atoms with Crippen molar-refractivity contribution in [1.29, 1.82) is 0 Å². The highest BCUT2D eigenvalue weighted by molar-refractivity contribution is 6.01. The summed E-state index contributed by atoms with van der Waals surface area (Å²) < 4.78 is 1.70. The highest BCUT2D eigenvalue weighted by Gasteiger charge is 2.23. The maximum Gasteiger partial charge on any atom is 0.257 e. The lowest BCUT2D eigenvalue weighted by Gasteiger charge is -2.21. The number of aliphatic hydroxyl groups is 1. The molecule has 0 bridgehead atoms. The molecule has 0 aliphatic carbocycles. The Kier molecular flexibility index (Phi) is 4.81. The van der Waals surface area contributed by atoms with Crippen molar-refractivity contribution in [3.8, 4) is 0 Å². The predicted octanol–water partition coefficient (Wildman–Crippen LogP) is 1.79. The van der Waals surface area contributed by atoms with Gasteiger partial charge in [0.05, 0.1) is 5.69 Å². The summed E-state index contributed by atoms with van der Waals surface area (Å²) in [6.07, 6.45) is 0.535. The molecule has 0 aliphatic rings. The first-order valence-corrected chi connectivity index (χ1v) is 7.60. The zero-order chi connectivity index (χ0) is 16.4. The minimum absolute atomic E-state index is 0.0489. The van der Waals surface area contributed by atoms with E-state index in [0.717, 1.165) is 11.4 Å². The summed E-state index contributed by atoms with van der Waals surface area (Å²) in [6.45, 7) is 9.76. The molecule has 0 aliphatic heterocycles. The first-order valence-electron chi connectivity index (χ1n) is 7.60. The number of hydrogen-bond donors (Lipinski definition) is 2. The number of rotatable bonds is 5. The number of amides is 1. The fourth-order valence-corrected chi connectivity index (χ4v) is 2.64. The molecule has 2 rings (SSSR count). The van der Waals surface area contributed by atoms with Crippen molar-refractivity contribution in [2.45, 2.75) is 47.1 Å². The monoisotopic (exact) mass is 304 g/mol. The van der Waals surface area contributed by atoms with E-state index in [4.69, 9.17) is 5.11 Å². The third-order valence-corrected chi connectivity index (χ3v) is 3.86. The van der Waals surface area contributed by atoms with Crippen LogP contribution in [0.15, 0.2) is 6.07 Å². The minimum atomic E-state index is -0.183. The van der Waals surface area contributed by atoms with Gasteiger partial charge in [-0.15, -0.1) is 0 Å². The van der Waals surface area contributed by atoms with Gasteiger partial charge in [0, 0.05) is 24.0 Å². The van der Waals surface area contributed by atoms with Crippen LogP contribution in [0.25, 0.3) is 5.65 Å². The first-order chi connectivity index (χ1) is 10.3. The van der Waals surface area contributed by atoms with Gasteiger partial charge in [-0.2, -0.15) is 5.10 Å². The van der Waals surface area contributed by atoms with Gasteiger partial charge in [0.15, 0.2) is 5.65 Å². The van der Waals surface area contributed by atoms with Gasteiger partial charge in [-0.05, 0) is 39.2 Å². The highest BCUT2D eigenvalue weighted by Crippen LogP contribution is 2.17. The Morgan fingerprint density at radius 1 is 1.36 bits per heavy atom. The van der Waals surface area contributed by atoms with E-state index in [1.165, 1.54) is 0 Å². The van der Waals surface area contributed by atoms with E-state index in [9.17, 15) is 4.79 Å². The Balaban J connectivity index is 2.41. The van der Waals surface area contributed by atoms with Crippen LogP contribution < -0.4 is 5.32 Å². The number of carbonyl (C=O) groups is 1. The topological polar surface area (TPSA) is 79.5 Å². The number of aromatic nitrogens is 3. The van der Waals surface area contributed by atoms with Gasteiger partial charge in [-0.25, -0.2) is 9.50 Å². The summed E-state index contributed by atoms with van der Waals surface area (Å²) in [7, 11) is 0. The Labute approximate surface area is 130 Å². The van der Waals surface area contributed by atoms with Crippen molar-refractivity contribution in [2.75, 3.05) is 6.61 Å². The molecule has 2 heterocycles. The number of hydrogen-bond acceptors (Lipinski definition) is 4. The van der Waals surface area contributed by atoms with Gasteiger partial charge in [-0.1, -0.05) is 13.8 Å². The molecule has 6 nitrogen and oxygen atoms in total. The molecule has 0 saturated heterocycles. The lowest BCUT2D eigenvalue weighted by atomic mass is 10.0. The smallest absolute Gasteiger partial charge is 0.257 e. The van der Waals surface area contributed by atoms with E-state index in [0.29, 0.717) is 23.3 Å². The van der Waals surface area contributed by atoms with Gasteiger partial charge >= 0.3 is 0 Å². The highest BCUT2D eigenvalue weighted by atomic mass is 16.3. The normalized spacial score (nSPS) is 12.9. The van der Waals surface area contributed by atoms with E-state index >= 15 is 0 Å². The second-order valence-electron chi connectivity index (χ2n) is 6.07. The quantitative estimate of drug-likeness (QED) is 0.882. The number of nitrogens with zero attached hydrogens (tertiary/aromatic N) is 3. The van der Waals surface area contributed by atoms with E-state index in [1.807, 2.05) is 40.7 Å². The molecule has 1 unspecified atom stereocenters. The molecule has 0 radical (unpaired) electrons. The average molecular weight is 304 g/mol. The number of fused-ring (bicyclic) bond motifs is 1. The van der Waals surface area contributed by atoms with Crippen molar-refractivity contribution in [2.24, 2.45) is 5.92 Å². The average Bonchev–Trinajstić information content (AvgIpc) is 2.74. The maximum atomic E-state index is 12.7. The summed E-state index contributed by atoms with van der Waals surface area (Å²) in [5.41, 5.74) is 3.55. The van der Waals surface area contributed by atoms with Gasteiger partial charge in [-0.3, -0.25) is 4.79 Å². The molecule has 1 amide bonds. The van der Waals surface area contributed by atoms with Crippen LogP contribution in [0.2, 0.25) is 0 Å². The van der Waals surface area contributed by atoms with Crippen LogP contribution in [0, 0.1) is 26.7 Å². The molecular weight excluding hydrogens is 280 g/mol. The van der Waals surface area contributed by atoms with Crippen LogP contribution in [0.1, 0.15) is 47.7 Å². The molecule has 120 valence electrons. The van der Waals surface area contributed by atoms with Crippen LogP contribution >= 0.6 is 0 Å². The Morgan fingerprint density at radius 3 is 2.64 bits per heavy atom. The van der Waals surface area contributed by atoms with Gasteiger partial charge in [0.2, 0.25) is 0 Å². The standard InChI is InChI=1S/C16H24N4O2/c1-9(2)13(6-7-21)18-16(22)14-12(5)19-20-11(4)8-10(3)17-15(14)20/h8-9,13,21H,6-7H2,1-5H3,(H,18,22). The summed E-state index contributed by atoms with van der Waals surface area (Å²) in [6, 6.07) is 1.86. The summed E-state index contributed by atoms with van der Waals surface area (Å²) >= 11 is 0. The number of nitrogens with one attached hydrogen (secondary N) is 1. The van der Waals surface area contributed by atoms with E-state index < -0.39 is 0 Å². The van der Waals surface area contributed by atoms with E-state index in [1.54, 1.807) is 4.52 Å². The Bertz CT molecular complexity index is 691. The second kappa shape index (κ2) is 6.44.